The highest BCUT2D eigenvalue weighted by Crippen LogP contribution is 2.42. The molecule has 0 saturated carbocycles. The lowest BCUT2D eigenvalue weighted by Gasteiger charge is -2.27. The van der Waals surface area contributed by atoms with Crippen LogP contribution in [0.25, 0.3) is 5.69 Å². The van der Waals surface area contributed by atoms with E-state index in [1.165, 1.54) is 0 Å². The van der Waals surface area contributed by atoms with Crippen molar-refractivity contribution in [3.05, 3.63) is 81.4 Å². The van der Waals surface area contributed by atoms with Gasteiger partial charge in [0.25, 0.3) is 0 Å². The molecule has 0 radical (unpaired) electrons. The Balaban J connectivity index is 1.86. The maximum Gasteiger partial charge on any atom is 0.170 e. The van der Waals surface area contributed by atoms with E-state index in [2.05, 4.69) is 27.9 Å². The standard InChI is InChI=1S/C22H22Cl2N4OS/c1-13-12-15(14(2)28(13)18-8-5-6-16(23)19(18)24)21-20(17-7-3-4-9-25-17)26-22(30)27(21)10-11-29/h3-9,12,20-21,29H,10-11H2,1-2H3,(H,26,30)/t20-,21+/m1/s1. The zero-order valence-electron chi connectivity index (χ0n) is 16.6. The Bertz CT molecular complexity index is 1090. The highest BCUT2D eigenvalue weighted by Gasteiger charge is 2.41. The molecule has 156 valence electrons. The van der Waals surface area contributed by atoms with Crippen LogP contribution in [0.2, 0.25) is 10.0 Å². The maximum absolute atomic E-state index is 9.66. The number of hydrogen-bond acceptors (Lipinski definition) is 3. The second kappa shape index (κ2) is 8.55. The smallest absolute Gasteiger partial charge is 0.170 e. The molecule has 5 nitrogen and oxygen atoms in total. The average molecular weight is 461 g/mol. The zero-order chi connectivity index (χ0) is 21.4. The molecule has 3 heterocycles. The van der Waals surface area contributed by atoms with Gasteiger partial charge in [0.05, 0.1) is 40.1 Å². The number of nitrogens with one attached hydrogen (secondary N) is 1. The van der Waals surface area contributed by atoms with E-state index in [0.29, 0.717) is 21.7 Å². The minimum absolute atomic E-state index is 0.00607. The summed E-state index contributed by atoms with van der Waals surface area (Å²) in [4.78, 5) is 6.58. The van der Waals surface area contributed by atoms with Crippen molar-refractivity contribution in [1.82, 2.24) is 19.8 Å². The molecule has 0 unspecified atom stereocenters. The van der Waals surface area contributed by atoms with Crippen molar-refractivity contribution in [2.45, 2.75) is 25.9 Å². The van der Waals surface area contributed by atoms with Crippen molar-refractivity contribution >= 4 is 40.5 Å². The van der Waals surface area contributed by atoms with Crippen molar-refractivity contribution in [2.75, 3.05) is 13.2 Å². The number of pyridine rings is 1. The van der Waals surface area contributed by atoms with Gasteiger partial charge in [0, 0.05) is 24.1 Å². The van der Waals surface area contributed by atoms with E-state index in [0.717, 1.165) is 28.3 Å². The third-order valence-corrected chi connectivity index (χ3v) is 6.66. The molecule has 0 amide bonds. The van der Waals surface area contributed by atoms with Crippen LogP contribution < -0.4 is 5.32 Å². The van der Waals surface area contributed by atoms with Gasteiger partial charge in [-0.05, 0) is 62.0 Å². The SMILES string of the molecule is Cc1cc([C@H]2[C@@H](c3ccccn3)NC(=S)N2CCO)c(C)n1-c1cccc(Cl)c1Cl. The van der Waals surface area contributed by atoms with Gasteiger partial charge in [0.15, 0.2) is 5.11 Å². The van der Waals surface area contributed by atoms with Crippen molar-refractivity contribution in [2.24, 2.45) is 0 Å². The van der Waals surface area contributed by atoms with Gasteiger partial charge in [-0.2, -0.15) is 0 Å². The normalized spacial score (nSPS) is 18.7. The number of thiocarbonyl (C=S) groups is 1. The molecule has 1 aliphatic rings. The van der Waals surface area contributed by atoms with Crippen LogP contribution >= 0.6 is 35.4 Å². The molecule has 1 aliphatic heterocycles. The number of hydrogen-bond donors (Lipinski definition) is 2. The van der Waals surface area contributed by atoms with Crippen LogP contribution in [0.4, 0.5) is 0 Å². The summed E-state index contributed by atoms with van der Waals surface area (Å²) in [7, 11) is 0. The van der Waals surface area contributed by atoms with Crippen molar-refractivity contribution in [3.8, 4) is 5.69 Å². The Hall–Kier alpha value is -2.12. The Kier molecular flexibility index (Phi) is 6.02. The topological polar surface area (TPSA) is 53.3 Å². The third-order valence-electron chi connectivity index (χ3n) is 5.50. The van der Waals surface area contributed by atoms with Crippen LogP contribution in [0.1, 0.15) is 34.7 Å². The van der Waals surface area contributed by atoms with Gasteiger partial charge in [-0.3, -0.25) is 4.98 Å². The number of benzene rings is 1. The van der Waals surface area contributed by atoms with Crippen LogP contribution in [0.3, 0.4) is 0 Å². The van der Waals surface area contributed by atoms with Crippen LogP contribution in [0, 0.1) is 13.8 Å². The number of aliphatic hydroxyl groups excluding tert-OH is 1. The maximum atomic E-state index is 9.66. The Morgan fingerprint density at radius 3 is 2.67 bits per heavy atom. The predicted molar refractivity (Wildman–Crippen MR) is 125 cm³/mol. The summed E-state index contributed by atoms with van der Waals surface area (Å²) in [6.07, 6.45) is 1.78. The molecule has 4 rings (SSSR count). The summed E-state index contributed by atoms with van der Waals surface area (Å²) in [5.41, 5.74) is 4.91. The monoisotopic (exact) mass is 460 g/mol. The van der Waals surface area contributed by atoms with E-state index >= 15 is 0 Å². The largest absolute Gasteiger partial charge is 0.395 e. The van der Waals surface area contributed by atoms with Crippen LogP contribution in [-0.4, -0.2) is 37.8 Å². The molecule has 1 saturated heterocycles. The van der Waals surface area contributed by atoms with Gasteiger partial charge in [-0.1, -0.05) is 35.3 Å². The molecular weight excluding hydrogens is 439 g/mol. The molecular formula is C22H22Cl2N4OS. The number of aryl methyl sites for hydroxylation is 1. The number of β-amino-alcohol motifs (C(OH)–C–C–N with tert-alkyl or cyclic N) is 1. The Morgan fingerprint density at radius 1 is 1.17 bits per heavy atom. The molecule has 30 heavy (non-hydrogen) atoms. The van der Waals surface area contributed by atoms with E-state index in [-0.39, 0.29) is 18.7 Å². The predicted octanol–water partition coefficient (Wildman–Crippen LogP) is 4.76. The van der Waals surface area contributed by atoms with E-state index < -0.39 is 0 Å². The highest BCUT2D eigenvalue weighted by atomic mass is 35.5. The van der Waals surface area contributed by atoms with Gasteiger partial charge in [0.2, 0.25) is 0 Å². The summed E-state index contributed by atoms with van der Waals surface area (Å²) < 4.78 is 2.11. The second-order valence-corrected chi connectivity index (χ2v) is 8.45. The van der Waals surface area contributed by atoms with Crippen LogP contribution in [0.15, 0.2) is 48.7 Å². The van der Waals surface area contributed by atoms with Gasteiger partial charge in [-0.15, -0.1) is 0 Å². The lowest BCUT2D eigenvalue weighted by molar-refractivity contribution is 0.223. The molecule has 3 aromatic rings. The molecule has 0 aliphatic carbocycles. The highest BCUT2D eigenvalue weighted by molar-refractivity contribution is 7.80. The van der Waals surface area contributed by atoms with E-state index in [1.54, 1.807) is 12.3 Å². The lowest BCUT2D eigenvalue weighted by atomic mass is 9.97. The van der Waals surface area contributed by atoms with Gasteiger partial charge in [0.1, 0.15) is 0 Å². The number of nitrogens with zero attached hydrogens (tertiary/aromatic N) is 3. The first-order valence-corrected chi connectivity index (χ1v) is 10.8. The van der Waals surface area contributed by atoms with Gasteiger partial charge < -0.3 is 19.9 Å². The molecule has 0 bridgehead atoms. The molecule has 2 N–H and O–H groups in total. The van der Waals surface area contributed by atoms with Crippen molar-refractivity contribution in [3.63, 3.8) is 0 Å². The molecule has 2 aromatic heterocycles. The van der Waals surface area contributed by atoms with E-state index in [4.69, 9.17) is 35.4 Å². The molecule has 1 aromatic carbocycles. The molecule has 0 spiro atoms. The fourth-order valence-corrected chi connectivity index (χ4v) is 4.93. The molecule has 2 atom stereocenters. The first kappa shape index (κ1) is 21.1. The molecule has 8 heteroatoms. The van der Waals surface area contributed by atoms with E-state index in [1.807, 2.05) is 42.2 Å². The van der Waals surface area contributed by atoms with Crippen LogP contribution in [0.5, 0.6) is 0 Å². The molecule has 1 fully saturated rings. The first-order valence-electron chi connectivity index (χ1n) is 9.66. The number of aromatic nitrogens is 2. The second-order valence-electron chi connectivity index (χ2n) is 7.28. The number of aliphatic hydroxyl groups is 1. The number of halogens is 2. The van der Waals surface area contributed by atoms with Crippen molar-refractivity contribution < 1.29 is 5.11 Å². The first-order chi connectivity index (χ1) is 14.4. The van der Waals surface area contributed by atoms with Gasteiger partial charge >= 0.3 is 0 Å². The lowest BCUT2D eigenvalue weighted by Crippen LogP contribution is -2.32. The Morgan fingerprint density at radius 2 is 1.97 bits per heavy atom. The van der Waals surface area contributed by atoms with E-state index in [9.17, 15) is 5.11 Å². The summed E-state index contributed by atoms with van der Waals surface area (Å²) in [6, 6.07) is 13.4. The number of rotatable bonds is 5. The minimum atomic E-state index is -0.131. The average Bonchev–Trinajstić information content (AvgIpc) is 3.21. The summed E-state index contributed by atoms with van der Waals surface area (Å²) in [5.74, 6) is 0. The Labute approximate surface area is 191 Å². The summed E-state index contributed by atoms with van der Waals surface area (Å²) >= 11 is 18.4. The summed E-state index contributed by atoms with van der Waals surface area (Å²) in [6.45, 7) is 4.54. The van der Waals surface area contributed by atoms with Gasteiger partial charge in [-0.25, -0.2) is 0 Å². The quantitative estimate of drug-likeness (QED) is 0.537. The fraction of sp³-hybridized carbons (Fsp3) is 0.273. The van der Waals surface area contributed by atoms with Crippen LogP contribution in [-0.2, 0) is 0 Å². The zero-order valence-corrected chi connectivity index (χ0v) is 19.0. The minimum Gasteiger partial charge on any atom is -0.395 e. The fourth-order valence-electron chi connectivity index (χ4n) is 4.22. The van der Waals surface area contributed by atoms with Crippen molar-refractivity contribution in [1.29, 1.82) is 0 Å². The third kappa shape index (κ3) is 3.58. The summed E-state index contributed by atoms with van der Waals surface area (Å²) in [5, 5.41) is 14.7.